The van der Waals surface area contributed by atoms with E-state index in [4.69, 9.17) is 10.7 Å². The number of piperidine rings is 1. The highest BCUT2D eigenvalue weighted by Crippen LogP contribution is 2.34. The normalized spacial score (nSPS) is 18.2. The fourth-order valence-electron chi connectivity index (χ4n) is 2.52. The molecule has 0 saturated carbocycles. The van der Waals surface area contributed by atoms with Crippen LogP contribution in [0.5, 0.6) is 0 Å². The number of rotatable bonds is 5. The van der Waals surface area contributed by atoms with Gasteiger partial charge in [-0.05, 0) is 31.7 Å². The van der Waals surface area contributed by atoms with Crippen molar-refractivity contribution in [2.45, 2.75) is 25.4 Å². The van der Waals surface area contributed by atoms with Gasteiger partial charge in [0.2, 0.25) is 0 Å². The van der Waals surface area contributed by atoms with Crippen LogP contribution in [0.1, 0.15) is 18.5 Å². The molecule has 3 N–H and O–H groups in total. The quantitative estimate of drug-likeness (QED) is 0.828. The predicted molar refractivity (Wildman–Crippen MR) is 92.3 cm³/mol. The molecule has 1 saturated heterocycles. The summed E-state index contributed by atoms with van der Waals surface area (Å²) in [5.41, 5.74) is 6.97. The van der Waals surface area contributed by atoms with Crippen LogP contribution in [0.2, 0.25) is 0 Å². The number of nitrogens with two attached hydrogens (primary N) is 1. The summed E-state index contributed by atoms with van der Waals surface area (Å²) in [6.07, 6.45) is 3.96. The second kappa shape index (κ2) is 6.85. The molecule has 1 fully saturated rings. The van der Waals surface area contributed by atoms with Crippen LogP contribution in [0.15, 0.2) is 29.4 Å². The zero-order valence-electron chi connectivity index (χ0n) is 12.4. The van der Waals surface area contributed by atoms with Crippen LogP contribution in [-0.4, -0.2) is 35.8 Å². The van der Waals surface area contributed by atoms with Gasteiger partial charge in [0.15, 0.2) is 5.13 Å². The largest absolute Gasteiger partial charge is 0.346 e. The predicted octanol–water partition coefficient (Wildman–Crippen LogP) is 2.41. The summed E-state index contributed by atoms with van der Waals surface area (Å²) in [5.74, 6) is 0.804. The maximum atomic E-state index is 6.07. The Morgan fingerprint density at radius 1 is 1.50 bits per heavy atom. The lowest BCUT2D eigenvalue weighted by molar-refractivity contribution is 0.505. The van der Waals surface area contributed by atoms with Gasteiger partial charge in [0.05, 0.1) is 12.2 Å². The lowest BCUT2D eigenvalue weighted by Crippen LogP contribution is -2.42. The van der Waals surface area contributed by atoms with Crippen LogP contribution in [0.4, 0.5) is 16.0 Å². The fourth-order valence-corrected chi connectivity index (χ4v) is 3.54. The summed E-state index contributed by atoms with van der Waals surface area (Å²) in [4.78, 5) is 15.2. The maximum absolute atomic E-state index is 6.07. The molecule has 1 atom stereocenters. The molecule has 22 heavy (non-hydrogen) atoms. The Morgan fingerprint density at radius 2 is 2.41 bits per heavy atom. The van der Waals surface area contributed by atoms with Gasteiger partial charge in [0.25, 0.3) is 0 Å². The molecule has 1 aliphatic rings. The Morgan fingerprint density at radius 3 is 3.14 bits per heavy atom. The molecule has 2 aromatic rings. The van der Waals surface area contributed by atoms with Gasteiger partial charge in [0.1, 0.15) is 10.8 Å². The molecule has 3 rings (SSSR count). The van der Waals surface area contributed by atoms with E-state index in [1.807, 2.05) is 18.2 Å². The average molecular weight is 316 g/mol. The molecule has 0 spiro atoms. The average Bonchev–Trinajstić information content (AvgIpc) is 2.92. The molecule has 6 nitrogen and oxygen atoms in total. The number of pyridine rings is 1. The van der Waals surface area contributed by atoms with Gasteiger partial charge in [0, 0.05) is 25.3 Å². The first-order chi connectivity index (χ1) is 10.8. The monoisotopic (exact) mass is 316 g/mol. The highest BCUT2D eigenvalue weighted by atomic mass is 32.1. The first-order valence-corrected chi connectivity index (χ1v) is 8.18. The third-order valence-corrected chi connectivity index (χ3v) is 4.66. The van der Waals surface area contributed by atoms with E-state index in [-0.39, 0.29) is 6.04 Å². The topological polar surface area (TPSA) is 79.4 Å². The van der Waals surface area contributed by atoms with E-state index >= 15 is 0 Å². The first-order valence-electron chi connectivity index (χ1n) is 7.37. The molecule has 116 valence electrons. The SMILES string of the molecule is C=NCc1nc(N2CCC[C@@H](N)C2)sc1Nc1ccccn1. The van der Waals surface area contributed by atoms with Crippen LogP contribution >= 0.6 is 11.3 Å². The van der Waals surface area contributed by atoms with Gasteiger partial charge in [-0.15, -0.1) is 0 Å². The Hall–Kier alpha value is -1.99. The van der Waals surface area contributed by atoms with Crippen molar-refractivity contribution < 1.29 is 0 Å². The standard InChI is InChI=1S/C15H20N6S/c1-17-9-12-14(20-13-6-2-3-7-18-13)22-15(19-12)21-8-4-5-11(16)10-21/h2-3,6-7,11H,1,4-5,8-10,16H2,(H,18,20)/t11-/m1/s1. The summed E-state index contributed by atoms with van der Waals surface area (Å²) in [7, 11) is 0. The minimum Gasteiger partial charge on any atom is -0.346 e. The number of thiazole rings is 1. The Kier molecular flexibility index (Phi) is 4.65. The van der Waals surface area contributed by atoms with Crippen molar-refractivity contribution in [1.29, 1.82) is 0 Å². The molecule has 0 unspecified atom stereocenters. The minimum atomic E-state index is 0.228. The Bertz CT molecular complexity index is 626. The molecule has 0 amide bonds. The van der Waals surface area contributed by atoms with Crippen molar-refractivity contribution >= 4 is 34.0 Å². The van der Waals surface area contributed by atoms with Crippen molar-refractivity contribution in [1.82, 2.24) is 9.97 Å². The maximum Gasteiger partial charge on any atom is 0.187 e. The van der Waals surface area contributed by atoms with Crippen molar-refractivity contribution in [2.24, 2.45) is 10.7 Å². The van der Waals surface area contributed by atoms with Crippen molar-refractivity contribution in [3.05, 3.63) is 30.1 Å². The molecule has 2 aromatic heterocycles. The number of nitrogens with zero attached hydrogens (tertiary/aromatic N) is 4. The minimum absolute atomic E-state index is 0.228. The van der Waals surface area contributed by atoms with E-state index in [2.05, 4.69) is 26.9 Å². The van der Waals surface area contributed by atoms with Crippen molar-refractivity contribution in [2.75, 3.05) is 23.3 Å². The Labute approximate surface area is 134 Å². The van der Waals surface area contributed by atoms with Gasteiger partial charge in [-0.2, -0.15) is 0 Å². The third kappa shape index (κ3) is 3.42. The highest BCUT2D eigenvalue weighted by Gasteiger charge is 2.21. The van der Waals surface area contributed by atoms with Crippen molar-refractivity contribution in [3.63, 3.8) is 0 Å². The molecule has 0 aromatic carbocycles. The summed E-state index contributed by atoms with van der Waals surface area (Å²) < 4.78 is 0. The van der Waals surface area contributed by atoms with Gasteiger partial charge in [-0.3, -0.25) is 4.99 Å². The molecule has 0 bridgehead atoms. The van der Waals surface area contributed by atoms with Gasteiger partial charge < -0.3 is 16.0 Å². The summed E-state index contributed by atoms with van der Waals surface area (Å²) >= 11 is 1.62. The Balaban J connectivity index is 1.83. The van der Waals surface area contributed by atoms with Crippen LogP contribution in [0.3, 0.4) is 0 Å². The molecule has 1 aliphatic heterocycles. The fraction of sp³-hybridized carbons (Fsp3) is 0.400. The van der Waals surface area contributed by atoms with Crippen LogP contribution in [0, 0.1) is 0 Å². The summed E-state index contributed by atoms with van der Waals surface area (Å²) in [5, 5.41) is 5.29. The van der Waals surface area contributed by atoms with Gasteiger partial charge in [-0.1, -0.05) is 17.4 Å². The van der Waals surface area contributed by atoms with E-state index in [9.17, 15) is 0 Å². The molecule has 7 heteroatoms. The zero-order chi connectivity index (χ0) is 15.4. The lowest BCUT2D eigenvalue weighted by atomic mass is 10.1. The van der Waals surface area contributed by atoms with Crippen LogP contribution in [0.25, 0.3) is 0 Å². The van der Waals surface area contributed by atoms with E-state index in [1.165, 1.54) is 0 Å². The van der Waals surface area contributed by atoms with E-state index in [1.54, 1.807) is 17.5 Å². The molecule has 0 radical (unpaired) electrons. The lowest BCUT2D eigenvalue weighted by Gasteiger charge is -2.30. The summed E-state index contributed by atoms with van der Waals surface area (Å²) in [6, 6.07) is 6.00. The third-order valence-electron chi connectivity index (χ3n) is 3.58. The number of anilines is 3. The van der Waals surface area contributed by atoms with Crippen LogP contribution in [-0.2, 0) is 6.54 Å². The van der Waals surface area contributed by atoms with Gasteiger partial charge >= 0.3 is 0 Å². The number of aromatic nitrogens is 2. The number of hydrogen-bond acceptors (Lipinski definition) is 7. The zero-order valence-corrected chi connectivity index (χ0v) is 13.2. The molecule has 3 heterocycles. The number of nitrogens with one attached hydrogen (secondary N) is 1. The smallest absolute Gasteiger partial charge is 0.187 e. The number of hydrogen-bond donors (Lipinski definition) is 2. The van der Waals surface area contributed by atoms with E-state index in [0.717, 1.165) is 47.6 Å². The second-order valence-corrected chi connectivity index (χ2v) is 6.32. The summed E-state index contributed by atoms with van der Waals surface area (Å²) in [6.45, 7) is 5.93. The molecular formula is C15H20N6S. The molecular weight excluding hydrogens is 296 g/mol. The number of aliphatic imine (C=N–C) groups is 1. The van der Waals surface area contributed by atoms with E-state index < -0.39 is 0 Å². The first kappa shape index (κ1) is 14.9. The second-order valence-electron chi connectivity index (χ2n) is 5.34. The van der Waals surface area contributed by atoms with Crippen LogP contribution < -0.4 is 16.0 Å². The van der Waals surface area contributed by atoms with Crippen molar-refractivity contribution in [3.8, 4) is 0 Å². The van der Waals surface area contributed by atoms with Gasteiger partial charge in [-0.25, -0.2) is 9.97 Å². The molecule has 0 aliphatic carbocycles. The van der Waals surface area contributed by atoms with E-state index in [0.29, 0.717) is 6.54 Å². The highest BCUT2D eigenvalue weighted by molar-refractivity contribution is 7.19.